The number of morpholine rings is 1. The molecule has 24 heavy (non-hydrogen) atoms. The highest BCUT2D eigenvalue weighted by Crippen LogP contribution is 2.39. The van der Waals surface area contributed by atoms with Gasteiger partial charge in [0.05, 0.1) is 18.9 Å². The lowest BCUT2D eigenvalue weighted by molar-refractivity contribution is 0.0398. The number of likely N-dealkylation sites (N-methyl/N-ethyl adjacent to an activating group) is 1. The normalized spacial score (nSPS) is 18.8. The molecule has 2 aliphatic rings. The Morgan fingerprint density at radius 1 is 1.17 bits per heavy atom. The third-order valence-electron chi connectivity index (χ3n) is 4.42. The van der Waals surface area contributed by atoms with Gasteiger partial charge in [-0.25, -0.2) is 4.98 Å². The summed E-state index contributed by atoms with van der Waals surface area (Å²) in [7, 11) is 4.14. The summed E-state index contributed by atoms with van der Waals surface area (Å²) in [5.74, 6) is 2.31. The lowest BCUT2D eigenvalue weighted by Gasteiger charge is -2.26. The SMILES string of the molecule is CN(C)CCNc1nc(NCCN2CCOCC2)cc(C2CC2)n1. The summed E-state index contributed by atoms with van der Waals surface area (Å²) < 4.78 is 5.39. The summed E-state index contributed by atoms with van der Waals surface area (Å²) in [5.41, 5.74) is 1.17. The second kappa shape index (κ2) is 8.60. The first-order valence-electron chi connectivity index (χ1n) is 9.02. The van der Waals surface area contributed by atoms with Crippen molar-refractivity contribution in [2.45, 2.75) is 18.8 Å². The van der Waals surface area contributed by atoms with Crippen molar-refractivity contribution in [3.63, 3.8) is 0 Å². The average molecular weight is 334 g/mol. The Morgan fingerprint density at radius 3 is 2.67 bits per heavy atom. The molecular weight excluding hydrogens is 304 g/mol. The van der Waals surface area contributed by atoms with Crippen molar-refractivity contribution in [3.05, 3.63) is 11.8 Å². The molecule has 0 bridgehead atoms. The smallest absolute Gasteiger partial charge is 0.224 e. The molecule has 0 radical (unpaired) electrons. The summed E-state index contributed by atoms with van der Waals surface area (Å²) in [6, 6.07) is 2.12. The maximum Gasteiger partial charge on any atom is 0.224 e. The Bertz CT molecular complexity index is 514. The molecule has 2 heterocycles. The monoisotopic (exact) mass is 334 g/mol. The molecule has 1 aliphatic heterocycles. The van der Waals surface area contributed by atoms with Gasteiger partial charge in [0, 0.05) is 51.3 Å². The first kappa shape index (κ1) is 17.4. The fraction of sp³-hybridized carbons (Fsp3) is 0.765. The van der Waals surface area contributed by atoms with E-state index in [1.54, 1.807) is 0 Å². The molecule has 0 aromatic carbocycles. The minimum atomic E-state index is 0.627. The van der Waals surface area contributed by atoms with Crippen molar-refractivity contribution in [2.24, 2.45) is 0 Å². The maximum absolute atomic E-state index is 5.39. The molecule has 0 unspecified atom stereocenters. The van der Waals surface area contributed by atoms with Crippen LogP contribution in [0.4, 0.5) is 11.8 Å². The minimum absolute atomic E-state index is 0.627. The molecule has 2 fully saturated rings. The van der Waals surface area contributed by atoms with Gasteiger partial charge in [-0.15, -0.1) is 0 Å². The van der Waals surface area contributed by atoms with Gasteiger partial charge in [0.15, 0.2) is 0 Å². The van der Waals surface area contributed by atoms with Crippen LogP contribution in [0, 0.1) is 0 Å². The van der Waals surface area contributed by atoms with Crippen LogP contribution in [-0.2, 0) is 4.74 Å². The van der Waals surface area contributed by atoms with E-state index in [2.05, 4.69) is 50.6 Å². The third-order valence-corrected chi connectivity index (χ3v) is 4.42. The number of aromatic nitrogens is 2. The zero-order chi connectivity index (χ0) is 16.8. The molecule has 1 aromatic heterocycles. The van der Waals surface area contributed by atoms with E-state index in [0.717, 1.165) is 64.2 Å². The standard InChI is InChI=1S/C17H30N6O/c1-22(2)7-5-19-17-20-15(14-3-4-14)13-16(21-17)18-6-8-23-9-11-24-12-10-23/h13-14H,3-12H2,1-2H3,(H2,18,19,20,21). The highest BCUT2D eigenvalue weighted by molar-refractivity contribution is 5.44. The number of ether oxygens (including phenoxy) is 1. The van der Waals surface area contributed by atoms with E-state index in [-0.39, 0.29) is 0 Å². The van der Waals surface area contributed by atoms with Gasteiger partial charge in [0.25, 0.3) is 0 Å². The lowest BCUT2D eigenvalue weighted by atomic mass is 10.3. The molecule has 7 heteroatoms. The summed E-state index contributed by atoms with van der Waals surface area (Å²) in [6.45, 7) is 7.49. The van der Waals surface area contributed by atoms with E-state index < -0.39 is 0 Å². The molecule has 1 aromatic rings. The molecule has 0 spiro atoms. The topological polar surface area (TPSA) is 65.5 Å². The second-order valence-corrected chi connectivity index (χ2v) is 6.89. The van der Waals surface area contributed by atoms with E-state index >= 15 is 0 Å². The van der Waals surface area contributed by atoms with E-state index in [4.69, 9.17) is 4.74 Å². The van der Waals surface area contributed by atoms with Gasteiger partial charge in [-0.05, 0) is 26.9 Å². The van der Waals surface area contributed by atoms with E-state index in [9.17, 15) is 0 Å². The molecule has 2 N–H and O–H groups in total. The van der Waals surface area contributed by atoms with Crippen LogP contribution in [0.5, 0.6) is 0 Å². The van der Waals surface area contributed by atoms with Crippen molar-refractivity contribution in [1.29, 1.82) is 0 Å². The first-order valence-corrected chi connectivity index (χ1v) is 9.02. The summed E-state index contributed by atoms with van der Waals surface area (Å²) in [6.07, 6.45) is 2.50. The maximum atomic E-state index is 5.39. The zero-order valence-electron chi connectivity index (χ0n) is 14.9. The Balaban J connectivity index is 1.53. The molecule has 1 saturated heterocycles. The first-order chi connectivity index (χ1) is 11.7. The van der Waals surface area contributed by atoms with Gasteiger partial charge < -0.3 is 20.3 Å². The van der Waals surface area contributed by atoms with Crippen LogP contribution in [0.15, 0.2) is 6.07 Å². The Hall–Kier alpha value is -1.44. The largest absolute Gasteiger partial charge is 0.379 e. The van der Waals surface area contributed by atoms with Crippen molar-refractivity contribution in [3.8, 4) is 0 Å². The summed E-state index contributed by atoms with van der Waals surface area (Å²) >= 11 is 0. The number of nitrogens with one attached hydrogen (secondary N) is 2. The number of anilines is 2. The highest BCUT2D eigenvalue weighted by atomic mass is 16.5. The van der Waals surface area contributed by atoms with Crippen molar-refractivity contribution >= 4 is 11.8 Å². The summed E-state index contributed by atoms with van der Waals surface area (Å²) in [5, 5.41) is 6.82. The number of nitrogens with zero attached hydrogens (tertiary/aromatic N) is 4. The highest BCUT2D eigenvalue weighted by Gasteiger charge is 2.26. The van der Waals surface area contributed by atoms with Gasteiger partial charge in [0.1, 0.15) is 5.82 Å². The molecule has 1 saturated carbocycles. The number of hydrogen-bond acceptors (Lipinski definition) is 7. The van der Waals surface area contributed by atoms with Crippen LogP contribution in [0.3, 0.4) is 0 Å². The lowest BCUT2D eigenvalue weighted by Crippen LogP contribution is -2.39. The predicted molar refractivity (Wildman–Crippen MR) is 96.8 cm³/mol. The van der Waals surface area contributed by atoms with E-state index in [1.807, 2.05) is 0 Å². The Morgan fingerprint density at radius 2 is 1.96 bits per heavy atom. The van der Waals surface area contributed by atoms with Crippen LogP contribution < -0.4 is 10.6 Å². The van der Waals surface area contributed by atoms with Crippen molar-refractivity contribution in [1.82, 2.24) is 19.8 Å². The fourth-order valence-corrected chi connectivity index (χ4v) is 2.78. The summed E-state index contributed by atoms with van der Waals surface area (Å²) in [4.78, 5) is 13.9. The van der Waals surface area contributed by atoms with Crippen LogP contribution in [0.2, 0.25) is 0 Å². The Labute approximate surface area is 144 Å². The van der Waals surface area contributed by atoms with Gasteiger partial charge in [-0.2, -0.15) is 4.98 Å². The van der Waals surface area contributed by atoms with Gasteiger partial charge in [-0.1, -0.05) is 0 Å². The van der Waals surface area contributed by atoms with Crippen LogP contribution in [-0.4, -0.2) is 86.3 Å². The molecule has 0 atom stereocenters. The van der Waals surface area contributed by atoms with Crippen molar-refractivity contribution in [2.75, 3.05) is 77.2 Å². The predicted octanol–water partition coefficient (Wildman–Crippen LogP) is 1.07. The minimum Gasteiger partial charge on any atom is -0.379 e. The molecule has 134 valence electrons. The molecule has 1 aliphatic carbocycles. The van der Waals surface area contributed by atoms with Gasteiger partial charge in [-0.3, -0.25) is 4.90 Å². The third kappa shape index (κ3) is 5.58. The van der Waals surface area contributed by atoms with E-state index in [0.29, 0.717) is 5.92 Å². The molecule has 7 nitrogen and oxygen atoms in total. The van der Waals surface area contributed by atoms with E-state index in [1.165, 1.54) is 18.5 Å². The second-order valence-electron chi connectivity index (χ2n) is 6.89. The number of rotatable bonds is 9. The van der Waals surface area contributed by atoms with Gasteiger partial charge >= 0.3 is 0 Å². The molecule has 3 rings (SSSR count). The van der Waals surface area contributed by atoms with Gasteiger partial charge in [0.2, 0.25) is 5.95 Å². The van der Waals surface area contributed by atoms with Crippen LogP contribution >= 0.6 is 0 Å². The Kier molecular flexibility index (Phi) is 6.23. The quantitative estimate of drug-likeness (QED) is 0.700. The van der Waals surface area contributed by atoms with Crippen LogP contribution in [0.1, 0.15) is 24.5 Å². The fourth-order valence-electron chi connectivity index (χ4n) is 2.78. The zero-order valence-corrected chi connectivity index (χ0v) is 14.9. The molecular formula is C17H30N6O. The van der Waals surface area contributed by atoms with Crippen LogP contribution in [0.25, 0.3) is 0 Å². The number of hydrogen-bond donors (Lipinski definition) is 2. The van der Waals surface area contributed by atoms with Crippen molar-refractivity contribution < 1.29 is 4.74 Å². The molecule has 0 amide bonds. The average Bonchev–Trinajstić information content (AvgIpc) is 3.40.